The highest BCUT2D eigenvalue weighted by atomic mass is 35.5. The van der Waals surface area contributed by atoms with E-state index in [1.807, 2.05) is 0 Å². The van der Waals surface area contributed by atoms with Crippen LogP contribution < -0.4 is 10.2 Å². The molecule has 2 aromatic carbocycles. The maximum atomic E-state index is 12.2. The summed E-state index contributed by atoms with van der Waals surface area (Å²) in [5.74, 6) is -0.754. The highest BCUT2D eigenvalue weighted by molar-refractivity contribution is 8.14. The van der Waals surface area contributed by atoms with Gasteiger partial charge in [-0.3, -0.25) is 19.7 Å². The van der Waals surface area contributed by atoms with Crippen molar-refractivity contribution in [3.63, 3.8) is 0 Å². The molecule has 0 heterocycles. The minimum Gasteiger partial charge on any atom is -0.320 e. The standard InChI is InChI=1S/C16H13Cl2N3O4S/c1-20(13-8-4-5-10(17)15(13)18)16(23)26-9-14(22)19-11-6-2-3-7-12(11)21(24)25/h2-8H,9H2,1H3,(H,19,22). The zero-order chi connectivity index (χ0) is 19.3. The average molecular weight is 414 g/mol. The molecule has 0 bridgehead atoms. The van der Waals surface area contributed by atoms with E-state index in [0.717, 1.165) is 11.8 Å². The van der Waals surface area contributed by atoms with E-state index in [1.54, 1.807) is 24.3 Å². The Morgan fingerprint density at radius 3 is 2.58 bits per heavy atom. The molecule has 10 heteroatoms. The average Bonchev–Trinajstić information content (AvgIpc) is 2.61. The topological polar surface area (TPSA) is 92.6 Å². The molecule has 0 aliphatic rings. The summed E-state index contributed by atoms with van der Waals surface area (Å²) in [4.78, 5) is 35.9. The number of carbonyl (C=O) groups is 2. The van der Waals surface area contributed by atoms with Crippen molar-refractivity contribution in [1.82, 2.24) is 0 Å². The summed E-state index contributed by atoms with van der Waals surface area (Å²) in [6.07, 6.45) is 0. The number of nitrogens with one attached hydrogen (secondary N) is 1. The van der Waals surface area contributed by atoms with Gasteiger partial charge in [0.2, 0.25) is 5.91 Å². The fourth-order valence-electron chi connectivity index (χ4n) is 2.00. The molecule has 136 valence electrons. The van der Waals surface area contributed by atoms with Gasteiger partial charge in [0.15, 0.2) is 0 Å². The van der Waals surface area contributed by atoms with Crippen LogP contribution in [0, 0.1) is 10.1 Å². The minimum absolute atomic E-state index is 0.0711. The Hall–Kier alpha value is -2.29. The third-order valence-electron chi connectivity index (χ3n) is 3.27. The summed E-state index contributed by atoms with van der Waals surface area (Å²) >= 11 is 12.7. The number of carbonyl (C=O) groups excluding carboxylic acids is 2. The number of anilines is 2. The molecule has 0 spiro atoms. The van der Waals surface area contributed by atoms with E-state index in [1.165, 1.54) is 30.1 Å². The Morgan fingerprint density at radius 2 is 1.88 bits per heavy atom. The van der Waals surface area contributed by atoms with Gasteiger partial charge in [0.25, 0.3) is 10.9 Å². The van der Waals surface area contributed by atoms with Gasteiger partial charge in [0, 0.05) is 13.1 Å². The lowest BCUT2D eigenvalue weighted by Gasteiger charge is -2.18. The summed E-state index contributed by atoms with van der Waals surface area (Å²) in [7, 11) is 1.51. The first kappa shape index (κ1) is 20.0. The lowest BCUT2D eigenvalue weighted by molar-refractivity contribution is -0.383. The van der Waals surface area contributed by atoms with E-state index in [9.17, 15) is 19.7 Å². The van der Waals surface area contributed by atoms with Crippen LogP contribution in [0.2, 0.25) is 10.0 Å². The minimum atomic E-state index is -0.594. The van der Waals surface area contributed by atoms with Crippen molar-refractivity contribution in [3.8, 4) is 0 Å². The van der Waals surface area contributed by atoms with Gasteiger partial charge in [-0.2, -0.15) is 0 Å². The lowest BCUT2D eigenvalue weighted by atomic mass is 10.2. The van der Waals surface area contributed by atoms with Crippen LogP contribution >= 0.6 is 35.0 Å². The zero-order valence-corrected chi connectivity index (χ0v) is 15.8. The van der Waals surface area contributed by atoms with Crippen molar-refractivity contribution in [3.05, 3.63) is 62.6 Å². The Morgan fingerprint density at radius 1 is 1.19 bits per heavy atom. The van der Waals surface area contributed by atoms with Crippen molar-refractivity contribution in [2.75, 3.05) is 23.0 Å². The number of nitro benzene ring substituents is 1. The summed E-state index contributed by atoms with van der Waals surface area (Å²) in [6, 6.07) is 10.6. The maximum absolute atomic E-state index is 12.2. The van der Waals surface area contributed by atoms with Crippen molar-refractivity contribution in [2.45, 2.75) is 0 Å². The zero-order valence-electron chi connectivity index (χ0n) is 13.4. The van der Waals surface area contributed by atoms with E-state index < -0.39 is 16.1 Å². The van der Waals surface area contributed by atoms with Crippen molar-refractivity contribution in [1.29, 1.82) is 0 Å². The Kier molecular flexibility index (Phi) is 6.84. The molecule has 2 amide bonds. The number of thioether (sulfide) groups is 1. The molecule has 0 saturated carbocycles. The second-order valence-corrected chi connectivity index (χ2v) is 6.72. The second kappa shape index (κ2) is 8.88. The van der Waals surface area contributed by atoms with Gasteiger partial charge >= 0.3 is 0 Å². The molecule has 2 aromatic rings. The molecular formula is C16H13Cl2N3O4S. The molecule has 7 nitrogen and oxygen atoms in total. The molecule has 26 heavy (non-hydrogen) atoms. The summed E-state index contributed by atoms with van der Waals surface area (Å²) in [5.41, 5.74) is 0.262. The molecule has 0 unspecified atom stereocenters. The lowest BCUT2D eigenvalue weighted by Crippen LogP contribution is -2.24. The number of amides is 2. The fraction of sp³-hybridized carbons (Fsp3) is 0.125. The first-order valence-corrected chi connectivity index (χ1v) is 8.93. The number of rotatable bonds is 5. The number of nitro groups is 1. The largest absolute Gasteiger partial charge is 0.320 e. The van der Waals surface area contributed by atoms with Crippen LogP contribution in [0.1, 0.15) is 0 Å². The number of nitrogens with zero attached hydrogens (tertiary/aromatic N) is 2. The number of para-hydroxylation sites is 2. The first-order valence-electron chi connectivity index (χ1n) is 7.19. The van der Waals surface area contributed by atoms with Crippen LogP contribution in [-0.2, 0) is 4.79 Å². The van der Waals surface area contributed by atoms with E-state index in [2.05, 4.69) is 5.32 Å². The van der Waals surface area contributed by atoms with Crippen LogP contribution in [0.15, 0.2) is 42.5 Å². The Bertz CT molecular complexity index is 863. The van der Waals surface area contributed by atoms with E-state index in [-0.39, 0.29) is 22.2 Å². The quantitative estimate of drug-likeness (QED) is 0.559. The highest BCUT2D eigenvalue weighted by Crippen LogP contribution is 2.33. The number of halogens is 2. The molecule has 0 saturated heterocycles. The maximum Gasteiger partial charge on any atom is 0.292 e. The van der Waals surface area contributed by atoms with Crippen molar-refractivity contribution in [2.24, 2.45) is 0 Å². The van der Waals surface area contributed by atoms with Gasteiger partial charge in [-0.25, -0.2) is 0 Å². The van der Waals surface area contributed by atoms with Gasteiger partial charge in [0.1, 0.15) is 5.69 Å². The predicted molar refractivity (Wildman–Crippen MR) is 104 cm³/mol. The highest BCUT2D eigenvalue weighted by Gasteiger charge is 2.19. The van der Waals surface area contributed by atoms with Crippen molar-refractivity contribution < 1.29 is 14.5 Å². The molecule has 2 rings (SSSR count). The number of hydrogen-bond acceptors (Lipinski definition) is 5. The van der Waals surface area contributed by atoms with Crippen LogP contribution in [0.3, 0.4) is 0 Å². The van der Waals surface area contributed by atoms with Gasteiger partial charge in [-0.1, -0.05) is 53.2 Å². The predicted octanol–water partition coefficient (Wildman–Crippen LogP) is 4.83. The molecule has 0 radical (unpaired) electrons. The normalized spacial score (nSPS) is 10.3. The van der Waals surface area contributed by atoms with Gasteiger partial charge in [0.05, 0.1) is 26.4 Å². The molecule has 0 atom stereocenters. The smallest absolute Gasteiger partial charge is 0.292 e. The molecule has 0 aromatic heterocycles. The molecule has 0 aliphatic carbocycles. The van der Waals surface area contributed by atoms with E-state index >= 15 is 0 Å². The Labute approximate surface area is 163 Å². The molecule has 1 N–H and O–H groups in total. The molecule has 0 fully saturated rings. The van der Waals surface area contributed by atoms with Crippen LogP contribution in [0.25, 0.3) is 0 Å². The third-order valence-corrected chi connectivity index (χ3v) is 5.00. The monoisotopic (exact) mass is 413 g/mol. The van der Waals surface area contributed by atoms with Crippen LogP contribution in [0.4, 0.5) is 21.9 Å². The first-order chi connectivity index (χ1) is 12.3. The number of benzene rings is 2. The summed E-state index contributed by atoms with van der Waals surface area (Å²) < 4.78 is 0. The SMILES string of the molecule is CN(C(=O)SCC(=O)Nc1ccccc1[N+](=O)[O-])c1cccc(Cl)c1Cl. The fourth-order valence-corrected chi connectivity index (χ4v) is 3.04. The van der Waals surface area contributed by atoms with E-state index in [4.69, 9.17) is 23.2 Å². The Balaban J connectivity index is 1.98. The van der Waals surface area contributed by atoms with Gasteiger partial charge in [-0.15, -0.1) is 0 Å². The summed E-state index contributed by atoms with van der Waals surface area (Å²) in [5, 5.41) is 13.5. The van der Waals surface area contributed by atoms with E-state index in [0.29, 0.717) is 10.7 Å². The molecular weight excluding hydrogens is 401 g/mol. The van der Waals surface area contributed by atoms with Crippen LogP contribution in [-0.4, -0.2) is 28.9 Å². The second-order valence-electron chi connectivity index (χ2n) is 5.01. The number of hydrogen-bond donors (Lipinski definition) is 1. The van der Waals surface area contributed by atoms with Gasteiger partial charge in [-0.05, 0) is 18.2 Å². The molecule has 0 aliphatic heterocycles. The summed E-state index contributed by atoms with van der Waals surface area (Å²) in [6.45, 7) is 0. The van der Waals surface area contributed by atoms with Crippen molar-refractivity contribution >= 4 is 63.2 Å². The van der Waals surface area contributed by atoms with Gasteiger partial charge < -0.3 is 10.2 Å². The third kappa shape index (κ3) is 4.87. The van der Waals surface area contributed by atoms with Crippen LogP contribution in [0.5, 0.6) is 0 Å².